The number of nitrogens with two attached hydrogens (primary N) is 2. The molecule has 14 heteroatoms. The van der Waals surface area contributed by atoms with Crippen molar-refractivity contribution < 1.29 is 28.9 Å². The maximum atomic E-state index is 12.8. The third-order valence-electron chi connectivity index (χ3n) is 6.02. The van der Waals surface area contributed by atoms with Gasteiger partial charge < -0.3 is 31.5 Å². The van der Waals surface area contributed by atoms with Crippen molar-refractivity contribution in [3.05, 3.63) is 71.1 Å². The number of carbonyl (C=O) groups excluding carboxylic acids is 3. The number of anilines is 4. The third-order valence-corrected chi connectivity index (χ3v) is 6.02. The predicted molar refractivity (Wildman–Crippen MR) is 159 cm³/mol. The van der Waals surface area contributed by atoms with E-state index in [1.807, 2.05) is 25.1 Å². The molecule has 0 spiro atoms. The molecule has 0 saturated heterocycles. The Bertz CT molecular complexity index is 1390. The lowest BCUT2D eigenvalue weighted by Crippen LogP contribution is -2.34. The molecule has 2 aromatic carbocycles. The number of hydrogen-bond acceptors (Lipinski definition) is 12. The Kier molecular flexibility index (Phi) is 12.9. The van der Waals surface area contributed by atoms with Gasteiger partial charge in [-0.1, -0.05) is 25.1 Å². The van der Waals surface area contributed by atoms with Crippen molar-refractivity contribution in [2.75, 3.05) is 41.2 Å². The number of rotatable bonds is 12. The summed E-state index contributed by atoms with van der Waals surface area (Å²) in [6.45, 7) is 7.28. The zero-order valence-electron chi connectivity index (χ0n) is 24.3. The lowest BCUT2D eigenvalue weighted by molar-refractivity contribution is -0.138. The largest absolute Gasteiger partial charge is 0.461 e. The minimum absolute atomic E-state index is 0.0250. The van der Waals surface area contributed by atoms with Crippen LogP contribution in [0.1, 0.15) is 56.0 Å². The zero-order chi connectivity index (χ0) is 31.2. The number of ether oxygens (including phenoxy) is 1. The third kappa shape index (κ3) is 9.04. The molecule has 1 heterocycles. The molecule has 3 rings (SSSR count). The van der Waals surface area contributed by atoms with E-state index in [0.717, 1.165) is 24.1 Å². The van der Waals surface area contributed by atoms with Crippen LogP contribution in [0, 0.1) is 0 Å². The summed E-state index contributed by atoms with van der Waals surface area (Å²) < 4.78 is 9.80. The first-order chi connectivity index (χ1) is 20.1. The van der Waals surface area contributed by atoms with Crippen LogP contribution in [-0.4, -0.2) is 53.5 Å². The minimum Gasteiger partial charge on any atom is -0.461 e. The molecule has 0 aliphatic heterocycles. The van der Waals surface area contributed by atoms with Gasteiger partial charge in [-0.2, -0.15) is 0 Å². The molecule has 0 fully saturated rings. The van der Waals surface area contributed by atoms with Gasteiger partial charge in [0, 0.05) is 43.4 Å². The minimum atomic E-state index is -0.695. The SMILES string of the molecule is CCOC(=O)/C(N)=C(\C)N(N)c1nonc1NCC(CC)c1cccc(NC(=O)c2cccc(NC(C)=O)c2)c1.CO. The second-order valence-corrected chi connectivity index (χ2v) is 8.85. The number of allylic oxidation sites excluding steroid dienone is 1. The lowest BCUT2D eigenvalue weighted by Gasteiger charge is -2.20. The van der Waals surface area contributed by atoms with Gasteiger partial charge in [-0.05, 0) is 66.5 Å². The summed E-state index contributed by atoms with van der Waals surface area (Å²) in [7, 11) is 1.00. The molecule has 14 nitrogen and oxygen atoms in total. The molecule has 0 aliphatic carbocycles. The first-order valence-corrected chi connectivity index (χ1v) is 13.1. The highest BCUT2D eigenvalue weighted by molar-refractivity contribution is 6.05. The molecule has 1 aromatic heterocycles. The van der Waals surface area contributed by atoms with E-state index in [0.29, 0.717) is 23.5 Å². The first kappa shape index (κ1) is 33.3. The van der Waals surface area contributed by atoms with Crippen molar-refractivity contribution >= 4 is 40.8 Å². The zero-order valence-corrected chi connectivity index (χ0v) is 24.3. The number of carbonyl (C=O) groups is 3. The number of hydrogen-bond donors (Lipinski definition) is 6. The summed E-state index contributed by atoms with van der Waals surface area (Å²) in [6.07, 6.45) is 0.769. The summed E-state index contributed by atoms with van der Waals surface area (Å²) in [4.78, 5) is 36.2. The van der Waals surface area contributed by atoms with Crippen LogP contribution in [0.3, 0.4) is 0 Å². The average Bonchev–Trinajstić information content (AvgIpc) is 3.46. The van der Waals surface area contributed by atoms with Crippen molar-refractivity contribution in [3.63, 3.8) is 0 Å². The number of aliphatic hydroxyl groups excluding tert-OH is 1. The summed E-state index contributed by atoms with van der Waals surface area (Å²) in [5.74, 6) is 5.35. The highest BCUT2D eigenvalue weighted by Crippen LogP contribution is 2.27. The molecule has 42 heavy (non-hydrogen) atoms. The Morgan fingerprint density at radius 2 is 1.69 bits per heavy atom. The highest BCUT2D eigenvalue weighted by atomic mass is 16.6. The number of aromatic nitrogens is 2. The van der Waals surface area contributed by atoms with Crippen molar-refractivity contribution in [3.8, 4) is 0 Å². The predicted octanol–water partition coefficient (Wildman–Crippen LogP) is 2.93. The fourth-order valence-electron chi connectivity index (χ4n) is 3.83. The summed E-state index contributed by atoms with van der Waals surface area (Å²) in [5.41, 5.74) is 8.48. The van der Waals surface area contributed by atoms with Gasteiger partial charge in [0.25, 0.3) is 5.91 Å². The van der Waals surface area contributed by atoms with Crippen LogP contribution < -0.4 is 32.5 Å². The maximum absolute atomic E-state index is 12.8. The van der Waals surface area contributed by atoms with Gasteiger partial charge in [0.05, 0.1) is 12.3 Å². The van der Waals surface area contributed by atoms with Crippen LogP contribution in [0.5, 0.6) is 0 Å². The number of nitrogens with one attached hydrogen (secondary N) is 3. The van der Waals surface area contributed by atoms with E-state index < -0.39 is 5.97 Å². The van der Waals surface area contributed by atoms with Gasteiger partial charge in [0.1, 0.15) is 5.70 Å². The van der Waals surface area contributed by atoms with Crippen LogP contribution in [0.4, 0.5) is 23.0 Å². The summed E-state index contributed by atoms with van der Waals surface area (Å²) >= 11 is 0. The Labute approximate surface area is 244 Å². The van der Waals surface area contributed by atoms with Crippen LogP contribution in [0.25, 0.3) is 0 Å². The summed E-state index contributed by atoms with van der Waals surface area (Å²) in [5, 5.41) is 24.6. The number of amides is 2. The number of benzene rings is 2. The van der Waals surface area contributed by atoms with E-state index in [1.165, 1.54) is 6.92 Å². The van der Waals surface area contributed by atoms with Crippen molar-refractivity contribution in [1.29, 1.82) is 0 Å². The Morgan fingerprint density at radius 3 is 2.33 bits per heavy atom. The van der Waals surface area contributed by atoms with E-state index in [9.17, 15) is 14.4 Å². The molecule has 0 bridgehead atoms. The molecule has 1 unspecified atom stereocenters. The van der Waals surface area contributed by atoms with Gasteiger partial charge in [-0.25, -0.2) is 15.3 Å². The number of esters is 1. The average molecular weight is 583 g/mol. The van der Waals surface area contributed by atoms with Crippen LogP contribution in [-0.2, 0) is 14.3 Å². The van der Waals surface area contributed by atoms with Gasteiger partial charge in [0.15, 0.2) is 0 Å². The van der Waals surface area contributed by atoms with Crippen LogP contribution >= 0.6 is 0 Å². The van der Waals surface area contributed by atoms with E-state index in [2.05, 4.69) is 26.3 Å². The van der Waals surface area contributed by atoms with E-state index in [-0.39, 0.29) is 47.4 Å². The Hall–Kier alpha value is -4.95. The molecule has 8 N–H and O–H groups in total. The number of aliphatic hydroxyl groups is 1. The van der Waals surface area contributed by atoms with E-state index >= 15 is 0 Å². The number of hydrazine groups is 1. The van der Waals surface area contributed by atoms with Gasteiger partial charge in [-0.3, -0.25) is 14.6 Å². The highest BCUT2D eigenvalue weighted by Gasteiger charge is 2.22. The molecule has 0 radical (unpaired) electrons. The fraction of sp³-hybridized carbons (Fsp3) is 0.321. The Morgan fingerprint density at radius 1 is 1.02 bits per heavy atom. The summed E-state index contributed by atoms with van der Waals surface area (Å²) in [6, 6.07) is 14.2. The standard InChI is InChI=1S/C27H34N8O5.CH4O/c1-5-18(15-30-24-25(34-40-33-24)35(29)16(3)23(28)27(38)39-6-2)19-9-7-12-22(13-19)32-26(37)20-10-8-11-21(14-20)31-17(4)36;1-2/h7-14,18H,5-6,15,28-29H2,1-4H3,(H,30,33)(H,31,36)(H,32,37);2H,1H3/b23-16-;. The van der Waals surface area contributed by atoms with Gasteiger partial charge in [-0.15, -0.1) is 0 Å². The second-order valence-electron chi connectivity index (χ2n) is 8.85. The normalized spacial score (nSPS) is 11.7. The first-order valence-electron chi connectivity index (χ1n) is 13.1. The molecule has 3 aromatic rings. The molecular weight excluding hydrogens is 544 g/mol. The second kappa shape index (κ2) is 16.3. The quantitative estimate of drug-likeness (QED) is 0.0787. The van der Waals surface area contributed by atoms with E-state index in [4.69, 9.17) is 26.0 Å². The van der Waals surface area contributed by atoms with Crippen molar-refractivity contribution in [2.45, 2.75) is 40.0 Å². The van der Waals surface area contributed by atoms with Crippen molar-refractivity contribution in [2.24, 2.45) is 11.6 Å². The molecular formula is C28H38N8O6. The van der Waals surface area contributed by atoms with Crippen LogP contribution in [0.15, 0.2) is 64.6 Å². The fourth-order valence-corrected chi connectivity index (χ4v) is 3.83. The molecule has 0 saturated carbocycles. The molecule has 226 valence electrons. The van der Waals surface area contributed by atoms with Gasteiger partial charge in [0.2, 0.25) is 17.5 Å². The maximum Gasteiger partial charge on any atom is 0.356 e. The monoisotopic (exact) mass is 582 g/mol. The number of nitrogens with zero attached hydrogens (tertiary/aromatic N) is 3. The topological polar surface area (TPSA) is 211 Å². The Balaban J connectivity index is 0.00000301. The van der Waals surface area contributed by atoms with E-state index in [1.54, 1.807) is 44.2 Å². The van der Waals surface area contributed by atoms with Gasteiger partial charge >= 0.3 is 5.97 Å². The van der Waals surface area contributed by atoms with Crippen molar-refractivity contribution in [1.82, 2.24) is 10.3 Å². The molecule has 2 amide bonds. The molecule has 0 aliphatic rings. The van der Waals surface area contributed by atoms with Crippen LogP contribution in [0.2, 0.25) is 0 Å². The molecule has 1 atom stereocenters. The smallest absolute Gasteiger partial charge is 0.356 e. The lowest BCUT2D eigenvalue weighted by atomic mass is 9.96.